The molecule has 0 saturated carbocycles. The molecule has 0 radical (unpaired) electrons. The quantitative estimate of drug-likeness (QED) is 0.516. The van der Waals surface area contributed by atoms with Gasteiger partial charge in [0, 0.05) is 0 Å². The fraction of sp³-hybridized carbons (Fsp3) is 0.500. The number of ether oxygens (including phenoxy) is 2. The summed E-state index contributed by atoms with van der Waals surface area (Å²) in [5.74, 6) is 0. The SMILES string of the molecule is CCCCC[C@H]1CO[C@H](c2ccc(-c3ccc(CCC)cc3)cc2)CO1. The lowest BCUT2D eigenvalue weighted by atomic mass is 9.99. The maximum absolute atomic E-state index is 6.07. The molecule has 3 rings (SSSR count). The topological polar surface area (TPSA) is 18.5 Å². The highest BCUT2D eigenvalue weighted by Gasteiger charge is 2.23. The molecule has 0 aromatic heterocycles. The first-order valence-corrected chi connectivity index (χ1v) is 10.2. The van der Waals surface area contributed by atoms with Crippen molar-refractivity contribution in [1.29, 1.82) is 0 Å². The summed E-state index contributed by atoms with van der Waals surface area (Å²) in [4.78, 5) is 0. The van der Waals surface area contributed by atoms with E-state index in [4.69, 9.17) is 9.47 Å². The summed E-state index contributed by atoms with van der Waals surface area (Å²) in [6.45, 7) is 5.84. The number of rotatable bonds is 8. The van der Waals surface area contributed by atoms with Gasteiger partial charge in [0.25, 0.3) is 0 Å². The van der Waals surface area contributed by atoms with Crippen molar-refractivity contribution < 1.29 is 9.47 Å². The van der Waals surface area contributed by atoms with Crippen LogP contribution in [0.5, 0.6) is 0 Å². The number of benzene rings is 2. The van der Waals surface area contributed by atoms with E-state index < -0.39 is 0 Å². The molecule has 1 aliphatic heterocycles. The molecule has 1 heterocycles. The van der Waals surface area contributed by atoms with E-state index in [1.165, 1.54) is 47.9 Å². The molecule has 2 aromatic rings. The van der Waals surface area contributed by atoms with Crippen molar-refractivity contribution >= 4 is 0 Å². The number of hydrogen-bond acceptors (Lipinski definition) is 2. The molecule has 2 aromatic carbocycles. The Kier molecular flexibility index (Phi) is 7.28. The molecule has 0 unspecified atom stereocenters. The van der Waals surface area contributed by atoms with Crippen LogP contribution in [-0.4, -0.2) is 19.3 Å². The Morgan fingerprint density at radius 3 is 2.04 bits per heavy atom. The van der Waals surface area contributed by atoms with Crippen molar-refractivity contribution in [3.8, 4) is 11.1 Å². The van der Waals surface area contributed by atoms with Crippen LogP contribution in [0.15, 0.2) is 48.5 Å². The van der Waals surface area contributed by atoms with Gasteiger partial charge >= 0.3 is 0 Å². The smallest absolute Gasteiger partial charge is 0.106 e. The monoisotopic (exact) mass is 352 g/mol. The lowest BCUT2D eigenvalue weighted by Gasteiger charge is -2.30. The highest BCUT2D eigenvalue weighted by Crippen LogP contribution is 2.27. The van der Waals surface area contributed by atoms with Gasteiger partial charge in [-0.05, 0) is 35.1 Å². The van der Waals surface area contributed by atoms with Crippen LogP contribution in [0.2, 0.25) is 0 Å². The molecule has 0 N–H and O–H groups in total. The Hall–Kier alpha value is -1.64. The summed E-state index contributed by atoms with van der Waals surface area (Å²) >= 11 is 0. The maximum atomic E-state index is 6.07. The van der Waals surface area contributed by atoms with E-state index in [0.717, 1.165) is 19.4 Å². The molecule has 1 saturated heterocycles. The summed E-state index contributed by atoms with van der Waals surface area (Å²) in [5.41, 5.74) is 5.15. The van der Waals surface area contributed by atoms with Crippen LogP contribution >= 0.6 is 0 Å². The minimum atomic E-state index is 0.0680. The Labute approximate surface area is 158 Å². The first kappa shape index (κ1) is 19.1. The first-order chi connectivity index (χ1) is 12.8. The normalized spacial score (nSPS) is 20.2. The van der Waals surface area contributed by atoms with E-state index in [1.807, 2.05) is 0 Å². The number of unbranched alkanes of at least 4 members (excludes halogenated alkanes) is 2. The van der Waals surface area contributed by atoms with Crippen LogP contribution in [0, 0.1) is 0 Å². The molecular weight excluding hydrogens is 320 g/mol. The largest absolute Gasteiger partial charge is 0.373 e. The van der Waals surface area contributed by atoms with Gasteiger partial charge in [-0.25, -0.2) is 0 Å². The van der Waals surface area contributed by atoms with Crippen LogP contribution in [0.1, 0.15) is 63.2 Å². The van der Waals surface area contributed by atoms with Gasteiger partial charge in [-0.3, -0.25) is 0 Å². The van der Waals surface area contributed by atoms with Crippen LogP contribution in [0.4, 0.5) is 0 Å². The summed E-state index contributed by atoms with van der Waals surface area (Å²) in [7, 11) is 0. The first-order valence-electron chi connectivity index (χ1n) is 10.2. The van der Waals surface area contributed by atoms with Crippen molar-refractivity contribution in [3.63, 3.8) is 0 Å². The van der Waals surface area contributed by atoms with Gasteiger partial charge in [0.05, 0.1) is 19.3 Å². The minimum absolute atomic E-state index is 0.0680. The van der Waals surface area contributed by atoms with Crippen molar-refractivity contribution in [2.45, 2.75) is 64.6 Å². The van der Waals surface area contributed by atoms with Gasteiger partial charge in [0.1, 0.15) is 6.10 Å². The zero-order valence-electron chi connectivity index (χ0n) is 16.2. The molecule has 2 atom stereocenters. The molecule has 2 heteroatoms. The predicted octanol–water partition coefficient (Wildman–Crippen LogP) is 6.34. The summed E-state index contributed by atoms with van der Waals surface area (Å²) < 4.78 is 12.1. The molecule has 0 aliphatic carbocycles. The molecule has 2 nitrogen and oxygen atoms in total. The van der Waals surface area contributed by atoms with Crippen LogP contribution in [0.25, 0.3) is 11.1 Å². The van der Waals surface area contributed by atoms with Crippen LogP contribution in [0.3, 0.4) is 0 Å². The molecule has 0 amide bonds. The average Bonchev–Trinajstić information content (AvgIpc) is 2.70. The van der Waals surface area contributed by atoms with Gasteiger partial charge in [0.15, 0.2) is 0 Å². The van der Waals surface area contributed by atoms with E-state index in [0.29, 0.717) is 6.61 Å². The Bertz CT molecular complexity index is 637. The van der Waals surface area contributed by atoms with Gasteiger partial charge in [-0.1, -0.05) is 88.1 Å². The Morgan fingerprint density at radius 2 is 1.46 bits per heavy atom. The van der Waals surface area contributed by atoms with E-state index in [9.17, 15) is 0 Å². The highest BCUT2D eigenvalue weighted by atomic mass is 16.6. The lowest BCUT2D eigenvalue weighted by molar-refractivity contribution is -0.137. The second-order valence-electron chi connectivity index (χ2n) is 7.34. The molecule has 140 valence electrons. The third kappa shape index (κ3) is 5.18. The van der Waals surface area contributed by atoms with Crippen molar-refractivity contribution in [2.75, 3.05) is 13.2 Å². The summed E-state index contributed by atoms with van der Waals surface area (Å²) in [6.07, 6.45) is 7.58. The van der Waals surface area contributed by atoms with Gasteiger partial charge in [-0.2, -0.15) is 0 Å². The van der Waals surface area contributed by atoms with Gasteiger partial charge in [0.2, 0.25) is 0 Å². The average molecular weight is 353 g/mol. The standard InChI is InChI=1S/C24H32O2/c1-3-5-6-8-23-17-26-24(18-25-23)22-15-13-21(14-16-22)20-11-9-19(7-4-2)10-12-20/h9-16,23-24H,3-8,17-18H2,1-2H3/t23-,24-/m0/s1. The third-order valence-electron chi connectivity index (χ3n) is 5.20. The Balaban J connectivity index is 1.55. The molecule has 26 heavy (non-hydrogen) atoms. The predicted molar refractivity (Wildman–Crippen MR) is 108 cm³/mol. The molecule has 0 spiro atoms. The highest BCUT2D eigenvalue weighted by molar-refractivity contribution is 5.64. The lowest BCUT2D eigenvalue weighted by Crippen LogP contribution is -2.31. The van der Waals surface area contributed by atoms with E-state index >= 15 is 0 Å². The second-order valence-corrected chi connectivity index (χ2v) is 7.34. The summed E-state index contributed by atoms with van der Waals surface area (Å²) in [6, 6.07) is 17.7. The molecule has 0 bridgehead atoms. The molecular formula is C24H32O2. The van der Waals surface area contributed by atoms with Crippen molar-refractivity contribution in [3.05, 3.63) is 59.7 Å². The van der Waals surface area contributed by atoms with Crippen molar-refractivity contribution in [2.24, 2.45) is 0 Å². The third-order valence-corrected chi connectivity index (χ3v) is 5.20. The number of hydrogen-bond donors (Lipinski definition) is 0. The van der Waals surface area contributed by atoms with Crippen molar-refractivity contribution in [1.82, 2.24) is 0 Å². The Morgan fingerprint density at radius 1 is 0.769 bits per heavy atom. The molecule has 1 aliphatic rings. The fourth-order valence-corrected chi connectivity index (χ4v) is 3.57. The zero-order chi connectivity index (χ0) is 18.2. The summed E-state index contributed by atoms with van der Waals surface area (Å²) in [5, 5.41) is 0. The van der Waals surface area contributed by atoms with E-state index in [-0.39, 0.29) is 12.2 Å². The van der Waals surface area contributed by atoms with Gasteiger partial charge < -0.3 is 9.47 Å². The molecule has 1 fully saturated rings. The zero-order valence-corrected chi connectivity index (χ0v) is 16.2. The number of aryl methyl sites for hydroxylation is 1. The second kappa shape index (κ2) is 9.89. The maximum Gasteiger partial charge on any atom is 0.106 e. The van der Waals surface area contributed by atoms with E-state index in [1.54, 1.807) is 0 Å². The van der Waals surface area contributed by atoms with Crippen LogP contribution < -0.4 is 0 Å². The van der Waals surface area contributed by atoms with E-state index in [2.05, 4.69) is 62.4 Å². The fourth-order valence-electron chi connectivity index (χ4n) is 3.57. The van der Waals surface area contributed by atoms with Gasteiger partial charge in [-0.15, -0.1) is 0 Å². The van der Waals surface area contributed by atoms with Crippen LogP contribution in [-0.2, 0) is 15.9 Å². The minimum Gasteiger partial charge on any atom is -0.373 e.